The van der Waals surface area contributed by atoms with Gasteiger partial charge in [-0.15, -0.1) is 0 Å². The Morgan fingerprint density at radius 3 is 1.95 bits per heavy atom. The van der Waals surface area contributed by atoms with E-state index in [0.29, 0.717) is 5.39 Å². The summed E-state index contributed by atoms with van der Waals surface area (Å²) in [4.78, 5) is 0. The first-order chi connectivity index (χ1) is 9.90. The summed E-state index contributed by atoms with van der Waals surface area (Å²) >= 11 is 0. The highest BCUT2D eigenvalue weighted by molar-refractivity contribution is 6.74. The van der Waals surface area contributed by atoms with Crippen LogP contribution in [-0.2, 0) is 6.18 Å². The van der Waals surface area contributed by atoms with E-state index in [1.54, 1.807) is 12.1 Å². The molecule has 0 saturated carbocycles. The number of fused-ring (bicyclic) bond motifs is 1. The molecular weight excluding hydrogens is 305 g/mol. The summed E-state index contributed by atoms with van der Waals surface area (Å²) in [7, 11) is -1.95. The third-order valence-electron chi connectivity index (χ3n) is 4.32. The van der Waals surface area contributed by atoms with Gasteiger partial charge in [0.25, 0.3) is 0 Å². The van der Waals surface area contributed by atoms with E-state index in [-0.39, 0.29) is 5.04 Å². The van der Waals surface area contributed by atoms with E-state index in [1.165, 1.54) is 12.1 Å². The van der Waals surface area contributed by atoms with Crippen molar-refractivity contribution in [2.24, 2.45) is 0 Å². The molecule has 0 N–H and O–H groups in total. The monoisotopic (exact) mass is 326 g/mol. The first-order valence-electron chi connectivity index (χ1n) is 7.20. The van der Waals surface area contributed by atoms with E-state index in [4.69, 9.17) is 4.43 Å². The molecule has 0 bridgehead atoms. The van der Waals surface area contributed by atoms with Crippen molar-refractivity contribution in [3.8, 4) is 5.75 Å². The van der Waals surface area contributed by atoms with Gasteiger partial charge >= 0.3 is 6.18 Å². The number of halogens is 3. The first-order valence-corrected chi connectivity index (χ1v) is 10.1. The Hall–Kier alpha value is -1.49. The summed E-state index contributed by atoms with van der Waals surface area (Å²) in [6, 6.07) is 9.03. The van der Waals surface area contributed by atoms with E-state index in [0.717, 1.165) is 17.2 Å². The highest BCUT2D eigenvalue weighted by atomic mass is 28.4. The Kier molecular flexibility index (Phi) is 4.06. The van der Waals surface area contributed by atoms with Crippen molar-refractivity contribution in [2.45, 2.75) is 45.1 Å². The van der Waals surface area contributed by atoms with Crippen molar-refractivity contribution in [1.29, 1.82) is 0 Å². The fourth-order valence-corrected chi connectivity index (χ4v) is 2.93. The molecule has 5 heteroatoms. The van der Waals surface area contributed by atoms with Crippen molar-refractivity contribution in [2.75, 3.05) is 0 Å². The zero-order chi connectivity index (χ0) is 16.8. The third kappa shape index (κ3) is 3.46. The van der Waals surface area contributed by atoms with E-state index in [1.807, 2.05) is 6.07 Å². The van der Waals surface area contributed by atoms with Crippen LogP contribution in [0.2, 0.25) is 18.1 Å². The SMILES string of the molecule is CC(C)(C)[Si](C)(C)Oc1ccc2cc(C(F)(F)F)ccc2c1. The minimum absolute atomic E-state index is 0.0715. The van der Waals surface area contributed by atoms with Crippen molar-refractivity contribution in [3.63, 3.8) is 0 Å². The Labute approximate surface area is 130 Å². The van der Waals surface area contributed by atoms with Gasteiger partial charge < -0.3 is 4.43 Å². The van der Waals surface area contributed by atoms with Gasteiger partial charge in [0.15, 0.2) is 0 Å². The van der Waals surface area contributed by atoms with Crippen LogP contribution >= 0.6 is 0 Å². The summed E-state index contributed by atoms with van der Waals surface area (Å²) in [5, 5.41) is 1.39. The lowest BCUT2D eigenvalue weighted by atomic mass is 10.1. The van der Waals surface area contributed by atoms with Gasteiger partial charge in [-0.1, -0.05) is 32.9 Å². The fourth-order valence-electron chi connectivity index (χ4n) is 1.91. The zero-order valence-corrected chi connectivity index (χ0v) is 14.5. The highest BCUT2D eigenvalue weighted by Crippen LogP contribution is 2.38. The average Bonchev–Trinajstić information content (AvgIpc) is 2.35. The van der Waals surface area contributed by atoms with Gasteiger partial charge in [-0.3, -0.25) is 0 Å². The van der Waals surface area contributed by atoms with Gasteiger partial charge in [0.2, 0.25) is 8.32 Å². The maximum absolute atomic E-state index is 12.7. The lowest BCUT2D eigenvalue weighted by Gasteiger charge is -2.36. The van der Waals surface area contributed by atoms with Crippen LogP contribution in [0.4, 0.5) is 13.2 Å². The lowest BCUT2D eigenvalue weighted by Crippen LogP contribution is -2.43. The molecule has 0 unspecified atom stereocenters. The number of rotatable bonds is 2. The Balaban J connectivity index is 2.36. The average molecular weight is 326 g/mol. The fraction of sp³-hybridized carbons (Fsp3) is 0.412. The minimum atomic E-state index is -4.31. The van der Waals surface area contributed by atoms with Crippen LogP contribution in [0.15, 0.2) is 36.4 Å². The second kappa shape index (κ2) is 5.30. The van der Waals surface area contributed by atoms with Crippen LogP contribution in [0.1, 0.15) is 26.3 Å². The number of hydrogen-bond acceptors (Lipinski definition) is 1. The van der Waals surface area contributed by atoms with Crippen LogP contribution in [0.3, 0.4) is 0 Å². The van der Waals surface area contributed by atoms with Gasteiger partial charge in [0.1, 0.15) is 5.75 Å². The molecule has 0 aliphatic carbocycles. The molecule has 0 amide bonds. The molecule has 0 atom stereocenters. The second-order valence-corrected chi connectivity index (χ2v) is 11.8. The quantitative estimate of drug-likeness (QED) is 0.593. The molecule has 22 heavy (non-hydrogen) atoms. The standard InChI is InChI=1S/C17H21F3OSi/c1-16(2,3)22(4,5)21-15-9-7-12-10-14(17(18,19)20)8-6-13(12)11-15/h6-11H,1-5H3. The second-order valence-electron chi connectivity index (χ2n) is 7.08. The van der Waals surface area contributed by atoms with Crippen LogP contribution in [0.25, 0.3) is 10.8 Å². The summed E-state index contributed by atoms with van der Waals surface area (Å²) in [5.41, 5.74) is -0.627. The van der Waals surface area contributed by atoms with Crippen molar-refractivity contribution in [3.05, 3.63) is 42.0 Å². The topological polar surface area (TPSA) is 9.23 Å². The molecule has 0 aromatic heterocycles. The van der Waals surface area contributed by atoms with Gasteiger partial charge in [-0.2, -0.15) is 13.2 Å². The minimum Gasteiger partial charge on any atom is -0.543 e. The third-order valence-corrected chi connectivity index (χ3v) is 8.68. The molecule has 0 aliphatic heterocycles. The van der Waals surface area contributed by atoms with Crippen LogP contribution in [0.5, 0.6) is 5.75 Å². The molecule has 0 fully saturated rings. The molecular formula is C17H21F3OSi. The smallest absolute Gasteiger partial charge is 0.416 e. The predicted molar refractivity (Wildman–Crippen MR) is 86.8 cm³/mol. The first kappa shape index (κ1) is 16.9. The van der Waals surface area contributed by atoms with E-state index in [9.17, 15) is 13.2 Å². The Morgan fingerprint density at radius 2 is 1.41 bits per heavy atom. The maximum atomic E-state index is 12.7. The maximum Gasteiger partial charge on any atom is 0.416 e. The van der Waals surface area contributed by atoms with Crippen molar-refractivity contribution >= 4 is 19.1 Å². The van der Waals surface area contributed by atoms with Crippen molar-refractivity contribution < 1.29 is 17.6 Å². The number of hydrogen-bond donors (Lipinski definition) is 0. The summed E-state index contributed by atoms with van der Waals surface area (Å²) in [6.45, 7) is 10.7. The van der Waals surface area contributed by atoms with Crippen LogP contribution in [-0.4, -0.2) is 8.32 Å². The van der Waals surface area contributed by atoms with E-state index in [2.05, 4.69) is 33.9 Å². The van der Waals surface area contributed by atoms with Gasteiger partial charge in [-0.25, -0.2) is 0 Å². The van der Waals surface area contributed by atoms with Gasteiger partial charge in [-0.05, 0) is 53.2 Å². The molecule has 0 saturated heterocycles. The molecule has 0 radical (unpaired) electrons. The van der Waals surface area contributed by atoms with Gasteiger partial charge in [0, 0.05) is 0 Å². The van der Waals surface area contributed by atoms with Gasteiger partial charge in [0.05, 0.1) is 5.56 Å². The Morgan fingerprint density at radius 1 is 0.864 bits per heavy atom. The molecule has 0 aliphatic rings. The number of benzene rings is 2. The molecule has 2 rings (SSSR count). The molecule has 2 aromatic rings. The molecule has 2 aromatic carbocycles. The summed E-state index contributed by atoms with van der Waals surface area (Å²) in [6.07, 6.45) is -4.31. The normalized spacial score (nSPS) is 13.5. The molecule has 1 nitrogen and oxygen atoms in total. The number of alkyl halides is 3. The largest absolute Gasteiger partial charge is 0.543 e. The van der Waals surface area contributed by atoms with E-state index >= 15 is 0 Å². The lowest BCUT2D eigenvalue weighted by molar-refractivity contribution is -0.137. The molecule has 120 valence electrons. The van der Waals surface area contributed by atoms with E-state index < -0.39 is 20.1 Å². The van der Waals surface area contributed by atoms with Crippen LogP contribution < -0.4 is 4.43 Å². The molecule has 0 spiro atoms. The van der Waals surface area contributed by atoms with Crippen molar-refractivity contribution in [1.82, 2.24) is 0 Å². The Bertz CT molecular complexity index is 684. The summed E-state index contributed by atoms with van der Waals surface area (Å²) < 4.78 is 44.4. The summed E-state index contributed by atoms with van der Waals surface area (Å²) in [5.74, 6) is 0.721. The molecule has 0 heterocycles. The predicted octanol–water partition coefficient (Wildman–Crippen LogP) is 6.24. The zero-order valence-electron chi connectivity index (χ0n) is 13.5. The van der Waals surface area contributed by atoms with Crippen LogP contribution in [0, 0.1) is 0 Å². The highest BCUT2D eigenvalue weighted by Gasteiger charge is 2.39.